The number of nitrogens with zero attached hydrogens (tertiary/aromatic N) is 5. The fraction of sp³-hybridized carbons (Fsp3) is 0.316. The zero-order valence-electron chi connectivity index (χ0n) is 14.6. The molecule has 1 aliphatic heterocycles. The van der Waals surface area contributed by atoms with Crippen LogP contribution in [-0.4, -0.2) is 33.2 Å². The minimum Gasteiger partial charge on any atom is -0.467 e. The number of imidazole rings is 1. The lowest BCUT2D eigenvalue weighted by molar-refractivity contribution is 0.379. The average molecular weight is 370 g/mol. The molecular formula is C19H20ClN5O. The normalized spacial score (nSPS) is 13.5. The summed E-state index contributed by atoms with van der Waals surface area (Å²) in [5, 5.41) is 0.526. The van der Waals surface area contributed by atoms with Crippen LogP contribution in [0.15, 0.2) is 42.9 Å². The largest absolute Gasteiger partial charge is 0.467 e. The summed E-state index contributed by atoms with van der Waals surface area (Å²) in [6, 6.07) is 10.9. The lowest BCUT2D eigenvalue weighted by Gasteiger charge is -2.28. The first kappa shape index (κ1) is 16.8. The first-order chi connectivity index (χ1) is 12.7. The topological polar surface area (TPSA) is 56.1 Å². The summed E-state index contributed by atoms with van der Waals surface area (Å²) >= 11 is 6.29. The van der Waals surface area contributed by atoms with Gasteiger partial charge in [-0.25, -0.2) is 9.97 Å². The molecule has 0 radical (unpaired) electrons. The molecule has 0 aliphatic carbocycles. The van der Waals surface area contributed by atoms with E-state index in [9.17, 15) is 0 Å². The van der Waals surface area contributed by atoms with Crippen molar-refractivity contribution >= 4 is 17.4 Å². The standard InChI is InChI=1S/C19H20ClN5O/c1-26-19-21-11-15(20)18(23-19)24-10-8-17-16(12-24)22-13-25(17)9-7-14-5-3-2-4-6-14/h2-6,11,13H,7-10,12H2,1H3. The zero-order valence-corrected chi connectivity index (χ0v) is 15.4. The molecule has 3 aromatic rings. The molecule has 0 atom stereocenters. The second kappa shape index (κ2) is 7.33. The molecule has 26 heavy (non-hydrogen) atoms. The zero-order chi connectivity index (χ0) is 17.9. The maximum absolute atomic E-state index is 6.29. The van der Waals surface area contributed by atoms with E-state index < -0.39 is 0 Å². The Bertz CT molecular complexity index is 896. The molecule has 0 saturated carbocycles. The van der Waals surface area contributed by atoms with Gasteiger partial charge >= 0.3 is 6.01 Å². The van der Waals surface area contributed by atoms with Gasteiger partial charge in [0.05, 0.1) is 31.9 Å². The highest BCUT2D eigenvalue weighted by atomic mass is 35.5. The summed E-state index contributed by atoms with van der Waals surface area (Å²) in [6.45, 7) is 2.46. The fourth-order valence-corrected chi connectivity index (χ4v) is 3.51. The molecular weight excluding hydrogens is 350 g/mol. The molecule has 6 nitrogen and oxygen atoms in total. The van der Waals surface area contributed by atoms with Crippen LogP contribution in [-0.2, 0) is 25.9 Å². The first-order valence-corrected chi connectivity index (χ1v) is 9.00. The van der Waals surface area contributed by atoms with E-state index in [2.05, 4.69) is 48.7 Å². The van der Waals surface area contributed by atoms with E-state index in [4.69, 9.17) is 16.3 Å². The minimum absolute atomic E-state index is 0.323. The van der Waals surface area contributed by atoms with E-state index >= 15 is 0 Å². The van der Waals surface area contributed by atoms with Crippen molar-refractivity contribution in [1.29, 1.82) is 0 Å². The fourth-order valence-electron chi connectivity index (χ4n) is 3.30. The van der Waals surface area contributed by atoms with E-state index in [0.29, 0.717) is 23.4 Å². The number of methoxy groups -OCH3 is 1. The van der Waals surface area contributed by atoms with Crippen molar-refractivity contribution in [3.8, 4) is 6.01 Å². The third kappa shape index (κ3) is 3.37. The number of aromatic nitrogens is 4. The number of benzene rings is 1. The molecule has 0 N–H and O–H groups in total. The number of aryl methyl sites for hydroxylation is 2. The molecule has 7 heteroatoms. The van der Waals surface area contributed by atoms with Crippen molar-refractivity contribution in [3.63, 3.8) is 0 Å². The second-order valence-electron chi connectivity index (χ2n) is 6.27. The third-order valence-electron chi connectivity index (χ3n) is 4.66. The van der Waals surface area contributed by atoms with Crippen LogP contribution in [0, 0.1) is 0 Å². The lowest BCUT2D eigenvalue weighted by Crippen LogP contribution is -2.32. The molecule has 0 spiro atoms. The Morgan fingerprint density at radius 2 is 2.04 bits per heavy atom. The molecule has 0 amide bonds. The summed E-state index contributed by atoms with van der Waals surface area (Å²) in [4.78, 5) is 15.2. The number of fused-ring (bicyclic) bond motifs is 1. The van der Waals surface area contributed by atoms with Crippen LogP contribution in [0.1, 0.15) is 17.0 Å². The first-order valence-electron chi connectivity index (χ1n) is 8.63. The highest BCUT2D eigenvalue weighted by molar-refractivity contribution is 6.32. The van der Waals surface area contributed by atoms with Crippen molar-refractivity contribution in [2.45, 2.75) is 25.9 Å². The summed E-state index contributed by atoms with van der Waals surface area (Å²) in [6.07, 6.45) is 5.44. The van der Waals surface area contributed by atoms with E-state index in [1.807, 2.05) is 12.4 Å². The maximum atomic E-state index is 6.29. The predicted molar refractivity (Wildman–Crippen MR) is 101 cm³/mol. The summed E-state index contributed by atoms with van der Waals surface area (Å²) in [5.74, 6) is 0.697. The number of hydrogen-bond acceptors (Lipinski definition) is 5. The van der Waals surface area contributed by atoms with E-state index in [1.54, 1.807) is 13.3 Å². The van der Waals surface area contributed by atoms with Crippen LogP contribution in [0.25, 0.3) is 0 Å². The van der Waals surface area contributed by atoms with Crippen molar-refractivity contribution < 1.29 is 4.74 Å². The summed E-state index contributed by atoms with van der Waals surface area (Å²) in [5.41, 5.74) is 3.72. The van der Waals surface area contributed by atoms with Gasteiger partial charge in [-0.3, -0.25) is 0 Å². The summed E-state index contributed by atoms with van der Waals surface area (Å²) < 4.78 is 7.39. The van der Waals surface area contributed by atoms with Crippen molar-refractivity contribution in [3.05, 3.63) is 64.8 Å². The van der Waals surface area contributed by atoms with Gasteiger partial charge in [0.15, 0.2) is 5.82 Å². The Kier molecular flexibility index (Phi) is 4.75. The van der Waals surface area contributed by atoms with Crippen molar-refractivity contribution in [1.82, 2.24) is 19.5 Å². The molecule has 134 valence electrons. The molecule has 0 unspecified atom stereocenters. The van der Waals surface area contributed by atoms with Gasteiger partial charge < -0.3 is 14.2 Å². The van der Waals surface area contributed by atoms with Crippen LogP contribution < -0.4 is 9.64 Å². The van der Waals surface area contributed by atoms with Gasteiger partial charge in [-0.05, 0) is 12.0 Å². The number of rotatable bonds is 5. The highest BCUT2D eigenvalue weighted by Gasteiger charge is 2.24. The van der Waals surface area contributed by atoms with E-state index in [1.165, 1.54) is 11.3 Å². The van der Waals surface area contributed by atoms with Crippen LogP contribution in [0.5, 0.6) is 6.01 Å². The lowest BCUT2D eigenvalue weighted by atomic mass is 10.1. The van der Waals surface area contributed by atoms with Crippen LogP contribution in [0.2, 0.25) is 5.02 Å². The van der Waals surface area contributed by atoms with Gasteiger partial charge in [0.2, 0.25) is 0 Å². The number of hydrogen-bond donors (Lipinski definition) is 0. The molecule has 0 bridgehead atoms. The monoisotopic (exact) mass is 369 g/mol. The average Bonchev–Trinajstić information content (AvgIpc) is 3.10. The van der Waals surface area contributed by atoms with E-state index in [0.717, 1.165) is 31.6 Å². The number of anilines is 1. The Morgan fingerprint density at radius 1 is 1.19 bits per heavy atom. The van der Waals surface area contributed by atoms with Gasteiger partial charge in [0, 0.05) is 25.2 Å². The van der Waals surface area contributed by atoms with Gasteiger partial charge in [0.1, 0.15) is 5.02 Å². The maximum Gasteiger partial charge on any atom is 0.318 e. The Hall–Kier alpha value is -2.60. The molecule has 1 aliphatic rings. The van der Waals surface area contributed by atoms with Gasteiger partial charge in [-0.1, -0.05) is 41.9 Å². The molecule has 1 aromatic carbocycles. The Morgan fingerprint density at radius 3 is 2.85 bits per heavy atom. The molecule has 4 rings (SSSR count). The van der Waals surface area contributed by atoms with Gasteiger partial charge in [0.25, 0.3) is 0 Å². The van der Waals surface area contributed by atoms with Crippen LogP contribution in [0.3, 0.4) is 0 Å². The number of halogens is 1. The third-order valence-corrected chi connectivity index (χ3v) is 4.93. The Labute approximate surface area is 157 Å². The minimum atomic E-state index is 0.323. The van der Waals surface area contributed by atoms with Gasteiger partial charge in [-0.15, -0.1) is 0 Å². The van der Waals surface area contributed by atoms with Crippen LogP contribution in [0.4, 0.5) is 5.82 Å². The van der Waals surface area contributed by atoms with E-state index in [-0.39, 0.29) is 0 Å². The second-order valence-corrected chi connectivity index (χ2v) is 6.67. The smallest absolute Gasteiger partial charge is 0.318 e. The van der Waals surface area contributed by atoms with Crippen molar-refractivity contribution in [2.24, 2.45) is 0 Å². The molecule has 0 fully saturated rings. The molecule has 0 saturated heterocycles. The Balaban J connectivity index is 1.49. The predicted octanol–water partition coefficient (Wildman–Crippen LogP) is 3.14. The number of ether oxygens (including phenoxy) is 1. The highest BCUT2D eigenvalue weighted by Crippen LogP contribution is 2.29. The summed E-state index contributed by atoms with van der Waals surface area (Å²) in [7, 11) is 1.55. The van der Waals surface area contributed by atoms with Crippen LogP contribution >= 0.6 is 11.6 Å². The molecule has 3 heterocycles. The van der Waals surface area contributed by atoms with Gasteiger partial charge in [-0.2, -0.15) is 4.98 Å². The SMILES string of the molecule is COc1ncc(Cl)c(N2CCc3c(ncn3CCc3ccccc3)C2)n1. The van der Waals surface area contributed by atoms with Crippen molar-refractivity contribution in [2.75, 3.05) is 18.6 Å². The quantitative estimate of drug-likeness (QED) is 0.691. The molecule has 2 aromatic heterocycles.